The van der Waals surface area contributed by atoms with Gasteiger partial charge in [-0.1, -0.05) is 30.3 Å². The van der Waals surface area contributed by atoms with Crippen LogP contribution in [0.3, 0.4) is 0 Å². The van der Waals surface area contributed by atoms with Crippen LogP contribution in [0.1, 0.15) is 32.4 Å². The summed E-state index contributed by atoms with van der Waals surface area (Å²) in [5.41, 5.74) is 2.64. The molecule has 1 amide bonds. The Morgan fingerprint density at radius 1 is 1.22 bits per heavy atom. The minimum absolute atomic E-state index is 0.117. The van der Waals surface area contributed by atoms with Crippen LogP contribution in [0, 0.1) is 20.8 Å². The highest BCUT2D eigenvalue weighted by molar-refractivity contribution is 7.15. The van der Waals surface area contributed by atoms with Crippen molar-refractivity contribution in [3.63, 3.8) is 0 Å². The summed E-state index contributed by atoms with van der Waals surface area (Å²) in [4.78, 5) is 17.9. The molecule has 23 heavy (non-hydrogen) atoms. The highest BCUT2D eigenvalue weighted by Crippen LogP contribution is 2.27. The maximum Gasteiger partial charge on any atom is 0.255 e. The Hall–Kier alpha value is -2.40. The molecule has 0 saturated carbocycles. The van der Waals surface area contributed by atoms with Gasteiger partial charge < -0.3 is 9.73 Å². The van der Waals surface area contributed by atoms with E-state index in [4.69, 9.17) is 4.42 Å². The lowest BCUT2D eigenvalue weighted by Gasteiger charge is -2.02. The summed E-state index contributed by atoms with van der Waals surface area (Å²) in [5, 5.41) is 3.92. The van der Waals surface area contributed by atoms with Crippen molar-refractivity contribution in [3.05, 3.63) is 64.1 Å². The average Bonchev–Trinajstić information content (AvgIpc) is 3.08. The first-order valence-electron chi connectivity index (χ1n) is 7.41. The molecular weight excluding hydrogens is 308 g/mol. The van der Waals surface area contributed by atoms with Crippen molar-refractivity contribution >= 4 is 17.2 Å². The second-order valence-electron chi connectivity index (χ2n) is 5.40. The molecule has 0 unspecified atom stereocenters. The van der Waals surface area contributed by atoms with Crippen LogP contribution in [0.2, 0.25) is 0 Å². The number of carbonyl (C=O) groups is 1. The second kappa shape index (κ2) is 6.38. The van der Waals surface area contributed by atoms with Gasteiger partial charge in [0.25, 0.3) is 5.91 Å². The van der Waals surface area contributed by atoms with Gasteiger partial charge in [-0.15, -0.1) is 11.3 Å². The monoisotopic (exact) mass is 326 g/mol. The van der Waals surface area contributed by atoms with E-state index in [-0.39, 0.29) is 5.91 Å². The van der Waals surface area contributed by atoms with Gasteiger partial charge in [-0.25, -0.2) is 4.98 Å². The van der Waals surface area contributed by atoms with Crippen molar-refractivity contribution in [2.24, 2.45) is 0 Å². The molecule has 4 nitrogen and oxygen atoms in total. The smallest absolute Gasteiger partial charge is 0.255 e. The standard InChI is InChI=1S/C18H18N2O2S/c1-11-9-15(13(3)22-11)17(21)19-10-16-12(2)20-18(23-16)14-7-5-4-6-8-14/h4-9H,10H2,1-3H3,(H,19,21). The number of hydrogen-bond donors (Lipinski definition) is 1. The summed E-state index contributed by atoms with van der Waals surface area (Å²) in [5.74, 6) is 1.27. The van der Waals surface area contributed by atoms with Crippen LogP contribution in [0.5, 0.6) is 0 Å². The van der Waals surface area contributed by atoms with Gasteiger partial charge in [-0.05, 0) is 26.8 Å². The zero-order valence-electron chi connectivity index (χ0n) is 13.3. The third-order valence-electron chi connectivity index (χ3n) is 3.61. The van der Waals surface area contributed by atoms with Gasteiger partial charge in [0.15, 0.2) is 0 Å². The zero-order chi connectivity index (χ0) is 16.4. The van der Waals surface area contributed by atoms with Crippen LogP contribution in [-0.4, -0.2) is 10.9 Å². The number of carbonyl (C=O) groups excluding carboxylic acids is 1. The van der Waals surface area contributed by atoms with E-state index >= 15 is 0 Å². The maximum absolute atomic E-state index is 12.3. The Morgan fingerprint density at radius 2 is 1.96 bits per heavy atom. The molecule has 0 aliphatic rings. The lowest BCUT2D eigenvalue weighted by molar-refractivity contribution is 0.0949. The molecule has 0 radical (unpaired) electrons. The maximum atomic E-state index is 12.3. The normalized spacial score (nSPS) is 10.7. The predicted octanol–water partition coefficient (Wildman–Crippen LogP) is 4.26. The summed E-state index contributed by atoms with van der Waals surface area (Å²) in [7, 11) is 0. The summed E-state index contributed by atoms with van der Waals surface area (Å²) >= 11 is 1.61. The van der Waals surface area contributed by atoms with Gasteiger partial charge in [0.1, 0.15) is 16.5 Å². The van der Waals surface area contributed by atoms with E-state index in [1.54, 1.807) is 24.3 Å². The molecule has 0 aliphatic carbocycles. The van der Waals surface area contributed by atoms with Crippen LogP contribution in [0.4, 0.5) is 0 Å². The van der Waals surface area contributed by atoms with Gasteiger partial charge in [-0.2, -0.15) is 0 Å². The number of rotatable bonds is 4. The fourth-order valence-corrected chi connectivity index (χ4v) is 3.42. The molecule has 0 bridgehead atoms. The van der Waals surface area contributed by atoms with E-state index in [1.807, 2.05) is 44.2 Å². The molecule has 2 heterocycles. The van der Waals surface area contributed by atoms with Crippen LogP contribution in [0.25, 0.3) is 10.6 Å². The van der Waals surface area contributed by atoms with Crippen molar-refractivity contribution in [2.75, 3.05) is 0 Å². The average molecular weight is 326 g/mol. The third kappa shape index (κ3) is 3.35. The van der Waals surface area contributed by atoms with Crippen molar-refractivity contribution in [3.8, 4) is 10.6 Å². The van der Waals surface area contributed by atoms with Crippen molar-refractivity contribution in [1.82, 2.24) is 10.3 Å². The van der Waals surface area contributed by atoms with E-state index in [0.717, 1.165) is 26.9 Å². The van der Waals surface area contributed by atoms with Crippen molar-refractivity contribution < 1.29 is 9.21 Å². The highest BCUT2D eigenvalue weighted by atomic mass is 32.1. The molecule has 1 aromatic carbocycles. The first-order chi connectivity index (χ1) is 11.0. The molecule has 1 N–H and O–H groups in total. The van der Waals surface area contributed by atoms with Gasteiger partial charge >= 0.3 is 0 Å². The molecular formula is C18H18N2O2S. The van der Waals surface area contributed by atoms with E-state index in [2.05, 4.69) is 10.3 Å². The van der Waals surface area contributed by atoms with Crippen molar-refractivity contribution in [1.29, 1.82) is 0 Å². The molecule has 118 valence electrons. The summed E-state index contributed by atoms with van der Waals surface area (Å²) in [6.45, 7) is 6.08. The minimum Gasteiger partial charge on any atom is -0.466 e. The lowest BCUT2D eigenvalue weighted by Crippen LogP contribution is -2.22. The number of nitrogens with zero attached hydrogens (tertiary/aromatic N) is 1. The molecule has 0 atom stereocenters. The lowest BCUT2D eigenvalue weighted by atomic mass is 10.2. The van der Waals surface area contributed by atoms with Crippen LogP contribution >= 0.6 is 11.3 Å². The molecule has 3 rings (SSSR count). The Morgan fingerprint density at radius 3 is 2.61 bits per heavy atom. The number of furan rings is 1. The molecule has 0 fully saturated rings. The number of benzene rings is 1. The SMILES string of the molecule is Cc1cc(C(=O)NCc2sc(-c3ccccc3)nc2C)c(C)o1. The van der Waals surface area contributed by atoms with Gasteiger partial charge in [0, 0.05) is 10.4 Å². The van der Waals surface area contributed by atoms with Gasteiger partial charge in [0.2, 0.25) is 0 Å². The number of hydrogen-bond acceptors (Lipinski definition) is 4. The highest BCUT2D eigenvalue weighted by Gasteiger charge is 2.15. The van der Waals surface area contributed by atoms with Crippen LogP contribution in [0.15, 0.2) is 40.8 Å². The Kier molecular flexibility index (Phi) is 4.30. The van der Waals surface area contributed by atoms with Gasteiger partial charge in [0.05, 0.1) is 17.8 Å². The third-order valence-corrected chi connectivity index (χ3v) is 4.81. The van der Waals surface area contributed by atoms with E-state index in [9.17, 15) is 4.79 Å². The molecule has 0 spiro atoms. The topological polar surface area (TPSA) is 55.1 Å². The largest absolute Gasteiger partial charge is 0.466 e. The Bertz CT molecular complexity index is 834. The van der Waals surface area contributed by atoms with E-state index in [0.29, 0.717) is 17.9 Å². The fourth-order valence-electron chi connectivity index (χ4n) is 2.41. The summed E-state index contributed by atoms with van der Waals surface area (Å²) in [6, 6.07) is 11.8. The molecule has 5 heteroatoms. The van der Waals surface area contributed by atoms with Crippen LogP contribution < -0.4 is 5.32 Å². The van der Waals surface area contributed by atoms with Crippen LogP contribution in [-0.2, 0) is 6.54 Å². The Labute approximate surface area is 139 Å². The van der Waals surface area contributed by atoms with Gasteiger partial charge in [-0.3, -0.25) is 4.79 Å². The zero-order valence-corrected chi connectivity index (χ0v) is 14.2. The number of nitrogens with one attached hydrogen (secondary N) is 1. The minimum atomic E-state index is -0.117. The number of amides is 1. The molecule has 2 aromatic heterocycles. The molecule has 0 saturated heterocycles. The number of thiazole rings is 1. The second-order valence-corrected chi connectivity index (χ2v) is 6.49. The summed E-state index contributed by atoms with van der Waals surface area (Å²) in [6.07, 6.45) is 0. The predicted molar refractivity (Wildman–Crippen MR) is 91.6 cm³/mol. The first kappa shape index (κ1) is 15.5. The van der Waals surface area contributed by atoms with Crippen molar-refractivity contribution in [2.45, 2.75) is 27.3 Å². The Balaban J connectivity index is 1.73. The molecule has 0 aliphatic heterocycles. The molecule has 3 aromatic rings. The number of aryl methyl sites for hydroxylation is 3. The summed E-state index contributed by atoms with van der Waals surface area (Å²) < 4.78 is 5.40. The fraction of sp³-hybridized carbons (Fsp3) is 0.222. The van der Waals surface area contributed by atoms with E-state index < -0.39 is 0 Å². The number of aromatic nitrogens is 1. The first-order valence-corrected chi connectivity index (χ1v) is 8.23. The quantitative estimate of drug-likeness (QED) is 0.779. The van der Waals surface area contributed by atoms with E-state index in [1.165, 1.54) is 0 Å².